The maximum absolute atomic E-state index is 12.8. The van der Waals surface area contributed by atoms with Gasteiger partial charge in [0.15, 0.2) is 0 Å². The Morgan fingerprint density at radius 1 is 1.18 bits per heavy atom. The number of benzene rings is 2. The van der Waals surface area contributed by atoms with Gasteiger partial charge in [0, 0.05) is 18.8 Å². The van der Waals surface area contributed by atoms with Crippen LogP contribution >= 0.6 is 11.6 Å². The second-order valence-corrected chi connectivity index (χ2v) is 10.5. The van der Waals surface area contributed by atoms with Gasteiger partial charge in [0.1, 0.15) is 0 Å². The number of anilines is 1. The topological polar surface area (TPSA) is 92.8 Å². The molecule has 33 heavy (non-hydrogen) atoms. The quantitative estimate of drug-likeness (QED) is 0.531. The molecule has 2 aromatic carbocycles. The van der Waals surface area contributed by atoms with Gasteiger partial charge in [-0.3, -0.25) is 4.79 Å². The number of carbonyl (C=O) groups excluding carboxylic acids is 2. The fourth-order valence-corrected chi connectivity index (χ4v) is 5.63. The summed E-state index contributed by atoms with van der Waals surface area (Å²) in [5.74, 6) is -1.26. The molecule has 0 aliphatic carbocycles. The predicted octanol–water partition coefficient (Wildman–Crippen LogP) is 4.13. The van der Waals surface area contributed by atoms with E-state index in [9.17, 15) is 18.0 Å². The molecule has 1 aliphatic rings. The van der Waals surface area contributed by atoms with Crippen LogP contribution in [0.2, 0.25) is 5.02 Å². The van der Waals surface area contributed by atoms with E-state index < -0.39 is 21.9 Å². The molecule has 1 atom stereocenters. The molecule has 1 amide bonds. The number of hydrogen-bond donors (Lipinski definition) is 1. The van der Waals surface area contributed by atoms with Crippen molar-refractivity contribution in [3.8, 4) is 0 Å². The van der Waals surface area contributed by atoms with Gasteiger partial charge in [-0.15, -0.1) is 0 Å². The number of piperidine rings is 1. The first-order chi connectivity index (χ1) is 15.8. The summed E-state index contributed by atoms with van der Waals surface area (Å²) in [5, 5.41) is 3.02. The van der Waals surface area contributed by atoms with Crippen LogP contribution in [-0.2, 0) is 26.0 Å². The summed E-state index contributed by atoms with van der Waals surface area (Å²) in [7, 11) is -3.45. The Morgan fingerprint density at radius 2 is 1.94 bits per heavy atom. The van der Waals surface area contributed by atoms with Gasteiger partial charge in [0.25, 0.3) is 0 Å². The number of rotatable bonds is 9. The zero-order valence-electron chi connectivity index (χ0n) is 18.6. The maximum Gasteiger partial charge on any atom is 0.339 e. The van der Waals surface area contributed by atoms with Crippen LogP contribution in [-0.4, -0.2) is 50.0 Å². The molecule has 7 nitrogen and oxygen atoms in total. The molecule has 178 valence electrons. The molecule has 9 heteroatoms. The Labute approximate surface area is 200 Å². The van der Waals surface area contributed by atoms with Crippen LogP contribution in [0.3, 0.4) is 0 Å². The van der Waals surface area contributed by atoms with E-state index in [0.29, 0.717) is 37.9 Å². The van der Waals surface area contributed by atoms with Crippen molar-refractivity contribution in [2.75, 3.05) is 30.8 Å². The lowest BCUT2D eigenvalue weighted by atomic mass is 9.98. The van der Waals surface area contributed by atoms with Gasteiger partial charge in [0.2, 0.25) is 15.9 Å². The molecule has 0 bridgehead atoms. The molecule has 0 radical (unpaired) electrons. The standard InChI is InChI=1S/C24H29ClN2O5S/c1-2-32-24(29)21-16-20(12-13-22(21)25)26-23(28)19-11-6-14-27(17-19)33(30,31)15-7-10-18-8-4-3-5-9-18/h3-5,8-9,12-13,16,19H,2,6-7,10-11,14-15,17H2,1H3,(H,26,28)/t19-/m1/s1. The number of halogens is 1. The minimum absolute atomic E-state index is 0.0519. The van der Waals surface area contributed by atoms with Gasteiger partial charge in [-0.1, -0.05) is 41.9 Å². The summed E-state index contributed by atoms with van der Waals surface area (Å²) < 4.78 is 32.1. The lowest BCUT2D eigenvalue weighted by molar-refractivity contribution is -0.120. The van der Waals surface area contributed by atoms with E-state index in [4.69, 9.17) is 16.3 Å². The number of esters is 1. The molecule has 3 rings (SSSR count). The summed E-state index contributed by atoms with van der Waals surface area (Å²) in [6.45, 7) is 2.48. The van der Waals surface area contributed by atoms with Crippen molar-refractivity contribution in [1.82, 2.24) is 4.31 Å². The third-order valence-electron chi connectivity index (χ3n) is 5.59. The van der Waals surface area contributed by atoms with Crippen LogP contribution in [0.15, 0.2) is 48.5 Å². The Hall–Kier alpha value is -2.42. The summed E-state index contributed by atoms with van der Waals surface area (Å²) in [6, 6.07) is 14.4. The summed E-state index contributed by atoms with van der Waals surface area (Å²) in [5.41, 5.74) is 1.69. The number of ether oxygens (including phenoxy) is 1. The Bertz CT molecular complexity index is 1080. The van der Waals surface area contributed by atoms with Crippen molar-refractivity contribution in [1.29, 1.82) is 0 Å². The van der Waals surface area contributed by atoms with E-state index in [1.165, 1.54) is 16.4 Å². The Morgan fingerprint density at radius 3 is 2.67 bits per heavy atom. The molecule has 1 N–H and O–H groups in total. The molecular weight excluding hydrogens is 464 g/mol. The van der Waals surface area contributed by atoms with Crippen LogP contribution in [0.5, 0.6) is 0 Å². The van der Waals surface area contributed by atoms with Gasteiger partial charge in [-0.05, 0) is 56.4 Å². The molecule has 0 aromatic heterocycles. The lowest BCUT2D eigenvalue weighted by Gasteiger charge is -2.31. The van der Waals surface area contributed by atoms with E-state index in [0.717, 1.165) is 5.56 Å². The van der Waals surface area contributed by atoms with Gasteiger partial charge in [-0.2, -0.15) is 0 Å². The number of aryl methyl sites for hydroxylation is 1. The second-order valence-electron chi connectivity index (χ2n) is 8.01. The van der Waals surface area contributed by atoms with E-state index in [2.05, 4.69) is 5.32 Å². The van der Waals surface area contributed by atoms with Crippen LogP contribution < -0.4 is 5.32 Å². The highest BCUT2D eigenvalue weighted by atomic mass is 35.5. The van der Waals surface area contributed by atoms with Crippen molar-refractivity contribution in [2.45, 2.75) is 32.6 Å². The summed E-state index contributed by atoms with van der Waals surface area (Å²) >= 11 is 6.08. The molecule has 0 unspecified atom stereocenters. The minimum Gasteiger partial charge on any atom is -0.462 e. The van der Waals surface area contributed by atoms with Gasteiger partial charge >= 0.3 is 5.97 Å². The summed E-state index contributed by atoms with van der Waals surface area (Å²) in [4.78, 5) is 24.9. The highest BCUT2D eigenvalue weighted by Gasteiger charge is 2.32. The predicted molar refractivity (Wildman–Crippen MR) is 129 cm³/mol. The number of sulfonamides is 1. The largest absolute Gasteiger partial charge is 0.462 e. The van der Waals surface area contributed by atoms with E-state index in [-0.39, 0.29) is 35.4 Å². The van der Waals surface area contributed by atoms with E-state index in [1.54, 1.807) is 13.0 Å². The zero-order valence-corrected chi connectivity index (χ0v) is 20.2. The lowest BCUT2D eigenvalue weighted by Crippen LogP contribution is -2.44. The Balaban J connectivity index is 1.58. The molecule has 1 saturated heterocycles. The van der Waals surface area contributed by atoms with Gasteiger partial charge in [-0.25, -0.2) is 17.5 Å². The fraction of sp³-hybridized carbons (Fsp3) is 0.417. The number of amides is 1. The Kier molecular flexibility index (Phi) is 8.88. The van der Waals surface area contributed by atoms with E-state index in [1.807, 2.05) is 30.3 Å². The molecule has 0 saturated carbocycles. The number of nitrogens with zero attached hydrogens (tertiary/aromatic N) is 1. The van der Waals surface area contributed by atoms with Crippen molar-refractivity contribution in [3.63, 3.8) is 0 Å². The first-order valence-corrected chi connectivity index (χ1v) is 13.1. The average molecular weight is 493 g/mol. The van der Waals surface area contributed by atoms with Crippen molar-refractivity contribution in [2.24, 2.45) is 5.92 Å². The average Bonchev–Trinajstić information content (AvgIpc) is 2.81. The van der Waals surface area contributed by atoms with Gasteiger partial charge in [0.05, 0.1) is 28.9 Å². The highest BCUT2D eigenvalue weighted by Crippen LogP contribution is 2.25. The second kappa shape index (κ2) is 11.6. The van der Waals surface area contributed by atoms with Crippen molar-refractivity contribution >= 4 is 39.2 Å². The first kappa shape index (κ1) is 25.2. The maximum atomic E-state index is 12.8. The molecule has 1 fully saturated rings. The van der Waals surface area contributed by atoms with Crippen molar-refractivity contribution in [3.05, 3.63) is 64.7 Å². The first-order valence-electron chi connectivity index (χ1n) is 11.1. The zero-order chi connectivity index (χ0) is 23.8. The molecule has 1 aliphatic heterocycles. The smallest absolute Gasteiger partial charge is 0.339 e. The van der Waals surface area contributed by atoms with Crippen LogP contribution in [0.25, 0.3) is 0 Å². The molecule has 0 spiro atoms. The number of nitrogens with one attached hydrogen (secondary N) is 1. The summed E-state index contributed by atoms with van der Waals surface area (Å²) in [6.07, 6.45) is 2.43. The highest BCUT2D eigenvalue weighted by molar-refractivity contribution is 7.89. The molecule has 2 aromatic rings. The molecule has 1 heterocycles. The third kappa shape index (κ3) is 7.03. The number of carbonyl (C=O) groups is 2. The van der Waals surface area contributed by atoms with E-state index >= 15 is 0 Å². The third-order valence-corrected chi connectivity index (χ3v) is 7.84. The number of hydrogen-bond acceptors (Lipinski definition) is 5. The van der Waals surface area contributed by atoms with Crippen molar-refractivity contribution < 1.29 is 22.7 Å². The monoisotopic (exact) mass is 492 g/mol. The van der Waals surface area contributed by atoms with Crippen LogP contribution in [0, 0.1) is 5.92 Å². The molecular formula is C24H29ClN2O5S. The normalized spacial score (nSPS) is 16.8. The van der Waals surface area contributed by atoms with Crippen LogP contribution in [0.4, 0.5) is 5.69 Å². The minimum atomic E-state index is -3.45. The SMILES string of the molecule is CCOC(=O)c1cc(NC(=O)[C@@H]2CCCN(S(=O)(=O)CCCc3ccccc3)C2)ccc1Cl. The fourth-order valence-electron chi connectivity index (χ4n) is 3.85. The van der Waals surface area contributed by atoms with Crippen LogP contribution in [0.1, 0.15) is 42.1 Å². The van der Waals surface area contributed by atoms with Gasteiger partial charge < -0.3 is 10.1 Å².